The van der Waals surface area contributed by atoms with Gasteiger partial charge < -0.3 is 9.47 Å². The second-order valence-electron chi connectivity index (χ2n) is 6.45. The number of hydrogen-bond donors (Lipinski definition) is 1. The maximum atomic E-state index is 11.8. The van der Waals surface area contributed by atoms with Crippen LogP contribution in [0.5, 0.6) is 0 Å². The van der Waals surface area contributed by atoms with Gasteiger partial charge in [0.2, 0.25) is 6.10 Å². The smallest absolute Gasteiger partial charge is 0.350 e. The molecule has 22 heavy (non-hydrogen) atoms. The van der Waals surface area contributed by atoms with Gasteiger partial charge in [-0.05, 0) is 41.5 Å². The van der Waals surface area contributed by atoms with E-state index < -0.39 is 35.3 Å². The first kappa shape index (κ1) is 20.0. The largest absolute Gasteiger partial charge is 0.458 e. The highest BCUT2D eigenvalue weighted by atomic mass is 16.7. The van der Waals surface area contributed by atoms with E-state index in [1.165, 1.54) is 0 Å². The number of rotatable bonds is 5. The van der Waals surface area contributed by atoms with Crippen molar-refractivity contribution in [1.29, 1.82) is 0 Å². The van der Waals surface area contributed by atoms with E-state index in [4.69, 9.17) is 27.2 Å². The molecule has 0 aliphatic heterocycles. The number of esters is 2. The maximum Gasteiger partial charge on any atom is 0.350 e. The summed E-state index contributed by atoms with van der Waals surface area (Å²) in [4.78, 5) is 28.6. The van der Waals surface area contributed by atoms with E-state index in [9.17, 15) is 9.59 Å². The number of carbonyl (C=O) groups is 2. The van der Waals surface area contributed by atoms with Gasteiger partial charge in [-0.15, -0.1) is 12.8 Å². The topological polar surface area (TPSA) is 73.9 Å². The summed E-state index contributed by atoms with van der Waals surface area (Å²) < 4.78 is 10.2. The van der Waals surface area contributed by atoms with Crippen molar-refractivity contribution < 1.29 is 23.9 Å². The van der Waals surface area contributed by atoms with Crippen molar-refractivity contribution in [3.63, 3.8) is 0 Å². The van der Waals surface area contributed by atoms with Crippen LogP contribution in [-0.4, -0.2) is 35.3 Å². The second kappa shape index (κ2) is 7.84. The molecule has 6 nitrogen and oxygen atoms in total. The summed E-state index contributed by atoms with van der Waals surface area (Å²) in [5, 5.41) is 0. The van der Waals surface area contributed by atoms with Crippen LogP contribution < -0.4 is 5.48 Å². The molecule has 0 rings (SSSR count). The molecule has 0 aliphatic carbocycles. The van der Waals surface area contributed by atoms with Gasteiger partial charge in [-0.25, -0.2) is 9.59 Å². The lowest BCUT2D eigenvalue weighted by Gasteiger charge is -2.24. The Labute approximate surface area is 131 Å². The van der Waals surface area contributed by atoms with E-state index in [2.05, 4.69) is 17.3 Å². The summed E-state index contributed by atoms with van der Waals surface area (Å²) in [7, 11) is 0. The molecule has 0 saturated carbocycles. The van der Waals surface area contributed by atoms with Crippen molar-refractivity contribution >= 4 is 11.9 Å². The van der Waals surface area contributed by atoms with E-state index in [1.54, 1.807) is 41.5 Å². The first-order chi connectivity index (χ1) is 9.89. The van der Waals surface area contributed by atoms with Crippen molar-refractivity contribution in [3.8, 4) is 24.7 Å². The van der Waals surface area contributed by atoms with Crippen molar-refractivity contribution in [2.24, 2.45) is 0 Å². The average Bonchev–Trinajstić information content (AvgIpc) is 2.29. The van der Waals surface area contributed by atoms with Crippen LogP contribution >= 0.6 is 0 Å². The van der Waals surface area contributed by atoms with Gasteiger partial charge in [-0.1, -0.05) is 11.8 Å². The molecule has 0 aromatic rings. The number of nitrogens with one attached hydrogen (secondary N) is 1. The molecule has 0 aromatic heterocycles. The van der Waals surface area contributed by atoms with Crippen LogP contribution in [-0.2, 0) is 23.9 Å². The minimum atomic E-state index is -1.34. The third-order valence-electron chi connectivity index (χ3n) is 1.89. The van der Waals surface area contributed by atoms with Crippen molar-refractivity contribution in [2.75, 3.05) is 0 Å². The Balaban J connectivity index is 4.67. The first-order valence-electron chi connectivity index (χ1n) is 6.69. The summed E-state index contributed by atoms with van der Waals surface area (Å²) in [6.07, 6.45) is 9.12. The summed E-state index contributed by atoms with van der Waals surface area (Å²) in [6, 6.07) is -1.20. The summed E-state index contributed by atoms with van der Waals surface area (Å²) in [5.74, 6) is 2.80. The molecule has 0 spiro atoms. The van der Waals surface area contributed by atoms with Gasteiger partial charge in [0.05, 0.1) is 0 Å². The molecular weight excluding hydrogens is 286 g/mol. The van der Waals surface area contributed by atoms with Crippen molar-refractivity contribution in [1.82, 2.24) is 5.48 Å². The fraction of sp³-hybridized carbons (Fsp3) is 0.625. The molecule has 0 aliphatic rings. The average molecular weight is 309 g/mol. The molecule has 0 fully saturated rings. The van der Waals surface area contributed by atoms with Gasteiger partial charge >= 0.3 is 11.9 Å². The molecule has 0 bridgehead atoms. The van der Waals surface area contributed by atoms with E-state index in [0.717, 1.165) is 0 Å². The molecular formula is C16H23NO5. The van der Waals surface area contributed by atoms with Crippen LogP contribution in [0.1, 0.15) is 41.5 Å². The minimum absolute atomic E-state index is 0.704. The van der Waals surface area contributed by atoms with Gasteiger partial charge in [0.15, 0.2) is 6.04 Å². The predicted molar refractivity (Wildman–Crippen MR) is 81.2 cm³/mol. The van der Waals surface area contributed by atoms with Crippen LogP contribution in [0.2, 0.25) is 0 Å². The van der Waals surface area contributed by atoms with Crippen molar-refractivity contribution in [2.45, 2.75) is 64.9 Å². The Morgan fingerprint density at radius 2 is 1.36 bits per heavy atom. The zero-order chi connectivity index (χ0) is 17.6. The molecule has 0 saturated heterocycles. The zero-order valence-corrected chi connectivity index (χ0v) is 13.9. The second-order valence-corrected chi connectivity index (χ2v) is 6.45. The highest BCUT2D eigenvalue weighted by molar-refractivity contribution is 5.80. The van der Waals surface area contributed by atoms with E-state index in [1.807, 2.05) is 0 Å². The molecule has 1 N–H and O–H groups in total. The minimum Gasteiger partial charge on any atom is -0.458 e. The number of hydroxylamine groups is 1. The lowest BCUT2D eigenvalue weighted by molar-refractivity contribution is -0.174. The maximum absolute atomic E-state index is 11.8. The molecule has 2 unspecified atom stereocenters. The zero-order valence-electron chi connectivity index (χ0n) is 13.9. The van der Waals surface area contributed by atoms with Crippen molar-refractivity contribution in [3.05, 3.63) is 0 Å². The summed E-state index contributed by atoms with van der Waals surface area (Å²) in [6.45, 7) is 10.2. The number of terminal acetylenes is 2. The third kappa shape index (κ3) is 8.31. The van der Waals surface area contributed by atoms with Crippen LogP contribution in [0.3, 0.4) is 0 Å². The van der Waals surface area contributed by atoms with Crippen LogP contribution in [0.15, 0.2) is 0 Å². The Hall–Kier alpha value is -2.02. The molecule has 122 valence electrons. The van der Waals surface area contributed by atoms with Gasteiger partial charge in [0.25, 0.3) is 0 Å². The van der Waals surface area contributed by atoms with Gasteiger partial charge in [0, 0.05) is 0 Å². The lowest BCUT2D eigenvalue weighted by atomic mass is 10.2. The predicted octanol–water partition coefficient (Wildman–Crippen LogP) is 1.19. The molecule has 0 aromatic carbocycles. The quantitative estimate of drug-likeness (QED) is 0.467. The standard InChI is InChI=1S/C16H23NO5/c1-9-11(13(18)20-15(3,4)5)17-22-12(10-2)14(19)21-16(6,7)8/h1-2,11-12,17H,3-8H3. The van der Waals surface area contributed by atoms with Crippen LogP contribution in [0.4, 0.5) is 0 Å². The highest BCUT2D eigenvalue weighted by Gasteiger charge is 2.28. The van der Waals surface area contributed by atoms with E-state index in [0.29, 0.717) is 0 Å². The summed E-state index contributed by atoms with van der Waals surface area (Å²) in [5.41, 5.74) is 0.836. The number of carbonyl (C=O) groups excluding carboxylic acids is 2. The molecule has 2 atom stereocenters. The Bertz CT molecular complexity index is 439. The normalized spacial score (nSPS) is 14.2. The molecule has 6 heteroatoms. The van der Waals surface area contributed by atoms with E-state index >= 15 is 0 Å². The summed E-state index contributed by atoms with van der Waals surface area (Å²) >= 11 is 0. The fourth-order valence-electron chi connectivity index (χ4n) is 1.15. The van der Waals surface area contributed by atoms with Gasteiger partial charge in [-0.3, -0.25) is 4.84 Å². The Morgan fingerprint density at radius 1 is 0.909 bits per heavy atom. The third-order valence-corrected chi connectivity index (χ3v) is 1.89. The van der Waals surface area contributed by atoms with Gasteiger partial charge in [0.1, 0.15) is 11.2 Å². The number of hydrogen-bond acceptors (Lipinski definition) is 6. The number of ether oxygens (including phenoxy) is 2. The molecule has 0 amide bonds. The van der Waals surface area contributed by atoms with Crippen LogP contribution in [0.25, 0.3) is 0 Å². The fourth-order valence-corrected chi connectivity index (χ4v) is 1.15. The monoisotopic (exact) mass is 309 g/mol. The molecule has 0 heterocycles. The lowest BCUT2D eigenvalue weighted by Crippen LogP contribution is -2.44. The Morgan fingerprint density at radius 3 is 1.73 bits per heavy atom. The van der Waals surface area contributed by atoms with Gasteiger partial charge in [-0.2, -0.15) is 5.48 Å². The van der Waals surface area contributed by atoms with Crippen LogP contribution in [0, 0.1) is 24.7 Å². The Kier molecular flexibility index (Phi) is 7.12. The molecule has 0 radical (unpaired) electrons. The first-order valence-corrected chi connectivity index (χ1v) is 6.69. The highest BCUT2D eigenvalue weighted by Crippen LogP contribution is 2.10. The SMILES string of the molecule is C#CC(NOC(C#C)C(=O)OC(C)(C)C)C(=O)OC(C)(C)C. The van der Waals surface area contributed by atoms with E-state index in [-0.39, 0.29) is 0 Å².